The third kappa shape index (κ3) is 3.46. The van der Waals surface area contributed by atoms with Crippen molar-refractivity contribution >= 4 is 21.5 Å². The average Bonchev–Trinajstić information content (AvgIpc) is 3.02. The van der Waals surface area contributed by atoms with Crippen molar-refractivity contribution < 1.29 is 22.7 Å². The Bertz CT molecular complexity index is 1170. The molecule has 1 saturated carbocycles. The molecule has 2 aromatic rings. The van der Waals surface area contributed by atoms with Crippen LogP contribution in [0.2, 0.25) is 0 Å². The number of methoxy groups -OCH3 is 1. The van der Waals surface area contributed by atoms with E-state index in [1.54, 1.807) is 24.3 Å². The van der Waals surface area contributed by atoms with Crippen molar-refractivity contribution in [3.05, 3.63) is 47.5 Å². The average molecular weight is 457 g/mol. The number of hydrogen-bond acceptors (Lipinski definition) is 6. The van der Waals surface area contributed by atoms with Crippen LogP contribution in [0, 0.1) is 5.92 Å². The van der Waals surface area contributed by atoms with E-state index in [9.17, 15) is 13.2 Å². The van der Waals surface area contributed by atoms with Crippen LogP contribution < -0.4 is 14.2 Å². The van der Waals surface area contributed by atoms with Gasteiger partial charge in [0.15, 0.2) is 0 Å². The number of ether oxygens (including phenoxy) is 2. The molecule has 0 atom stereocenters. The van der Waals surface area contributed by atoms with Crippen molar-refractivity contribution in [1.29, 1.82) is 0 Å². The number of sulfonamides is 1. The zero-order chi connectivity index (χ0) is 22.5. The first-order valence-corrected chi connectivity index (χ1v) is 12.5. The number of nitrogens with zero attached hydrogens (tertiary/aromatic N) is 1. The quantitative estimate of drug-likeness (QED) is 0.690. The van der Waals surface area contributed by atoms with Gasteiger partial charge in [0.05, 0.1) is 24.8 Å². The molecule has 1 N–H and O–H groups in total. The zero-order valence-electron chi connectivity index (χ0n) is 18.4. The summed E-state index contributed by atoms with van der Waals surface area (Å²) in [6, 6.07) is 10.1. The van der Waals surface area contributed by atoms with E-state index < -0.39 is 15.4 Å². The van der Waals surface area contributed by atoms with Gasteiger partial charge in [-0.2, -0.15) is 0 Å². The van der Waals surface area contributed by atoms with Crippen LogP contribution in [0.3, 0.4) is 0 Å². The molecule has 7 nitrogen and oxygen atoms in total. The molecule has 2 aromatic carbocycles. The first-order chi connectivity index (χ1) is 15.3. The highest BCUT2D eigenvalue weighted by Crippen LogP contribution is 2.53. The highest BCUT2D eigenvalue weighted by atomic mass is 32.2. The van der Waals surface area contributed by atoms with Gasteiger partial charge in [-0.25, -0.2) is 8.42 Å². The lowest BCUT2D eigenvalue weighted by Crippen LogP contribution is -2.46. The van der Waals surface area contributed by atoms with E-state index in [1.165, 1.54) is 13.2 Å². The van der Waals surface area contributed by atoms with Gasteiger partial charge in [-0.05, 0) is 43.7 Å². The SMILES string of the molecule is COc1ccccc1S(=O)(=O)Nc1cc(OCC2CN(C)C2)c2c(c1)C1(CCC1)C(=O)C2. The Balaban J connectivity index is 1.50. The minimum atomic E-state index is -3.88. The summed E-state index contributed by atoms with van der Waals surface area (Å²) in [4.78, 5) is 15.2. The molecule has 3 aliphatic rings. The Kier molecular flexibility index (Phi) is 5.17. The number of likely N-dealkylation sites (tertiary alicyclic amines) is 1. The smallest absolute Gasteiger partial charge is 0.265 e. The Labute approximate surface area is 188 Å². The summed E-state index contributed by atoms with van der Waals surface area (Å²) in [7, 11) is -0.370. The first kappa shape index (κ1) is 21.3. The fourth-order valence-corrected chi connectivity index (χ4v) is 6.40. The molecule has 5 rings (SSSR count). The molecule has 1 aliphatic heterocycles. The van der Waals surface area contributed by atoms with E-state index in [0.29, 0.717) is 30.4 Å². The minimum Gasteiger partial charge on any atom is -0.495 e. The van der Waals surface area contributed by atoms with Crippen LogP contribution in [0.5, 0.6) is 11.5 Å². The third-order valence-corrected chi connectivity index (χ3v) is 8.45. The molecule has 1 spiro atoms. The monoisotopic (exact) mass is 456 g/mol. The molecule has 0 aromatic heterocycles. The molecule has 0 unspecified atom stereocenters. The summed E-state index contributed by atoms with van der Waals surface area (Å²) in [5, 5.41) is 0. The molecule has 1 heterocycles. The summed E-state index contributed by atoms with van der Waals surface area (Å²) in [5.74, 6) is 1.56. The van der Waals surface area contributed by atoms with Gasteiger partial charge in [0.2, 0.25) is 0 Å². The third-order valence-electron chi connectivity index (χ3n) is 7.03. The zero-order valence-corrected chi connectivity index (χ0v) is 19.2. The van der Waals surface area contributed by atoms with Crippen molar-refractivity contribution in [3.8, 4) is 11.5 Å². The number of para-hydroxylation sites is 1. The lowest BCUT2D eigenvalue weighted by atomic mass is 9.64. The minimum absolute atomic E-state index is 0.0670. The molecule has 2 fully saturated rings. The Morgan fingerprint density at radius 2 is 1.91 bits per heavy atom. The molecular weight excluding hydrogens is 428 g/mol. The summed E-state index contributed by atoms with van der Waals surface area (Å²) >= 11 is 0. The molecule has 0 bridgehead atoms. The lowest BCUT2D eigenvalue weighted by molar-refractivity contribution is -0.125. The topological polar surface area (TPSA) is 84.9 Å². The summed E-state index contributed by atoms with van der Waals surface area (Å²) in [6.07, 6.45) is 2.99. The van der Waals surface area contributed by atoms with Crippen molar-refractivity contribution in [2.24, 2.45) is 5.92 Å². The van der Waals surface area contributed by atoms with Gasteiger partial charge in [0.25, 0.3) is 10.0 Å². The number of fused-ring (bicyclic) bond motifs is 2. The largest absolute Gasteiger partial charge is 0.495 e. The second kappa shape index (κ2) is 7.78. The normalized spacial score (nSPS) is 19.9. The van der Waals surface area contributed by atoms with Crippen LogP contribution in [-0.2, 0) is 26.7 Å². The lowest BCUT2D eigenvalue weighted by Gasteiger charge is -2.38. The van der Waals surface area contributed by atoms with Crippen LogP contribution in [0.4, 0.5) is 5.69 Å². The molecule has 170 valence electrons. The number of anilines is 1. The van der Waals surface area contributed by atoms with Gasteiger partial charge in [0.1, 0.15) is 22.2 Å². The van der Waals surface area contributed by atoms with Gasteiger partial charge in [-0.15, -0.1) is 0 Å². The van der Waals surface area contributed by atoms with E-state index in [0.717, 1.165) is 43.5 Å². The van der Waals surface area contributed by atoms with Crippen LogP contribution >= 0.6 is 0 Å². The van der Waals surface area contributed by atoms with Gasteiger partial charge in [-0.1, -0.05) is 18.6 Å². The number of rotatable bonds is 7. The number of ketones is 1. The number of nitrogens with one attached hydrogen (secondary N) is 1. The second-order valence-corrected chi connectivity index (χ2v) is 10.8. The van der Waals surface area contributed by atoms with E-state index in [1.807, 2.05) is 6.07 Å². The predicted molar refractivity (Wildman–Crippen MR) is 121 cm³/mol. The summed E-state index contributed by atoms with van der Waals surface area (Å²) in [6.45, 7) is 2.51. The summed E-state index contributed by atoms with van der Waals surface area (Å²) < 4.78 is 40.4. The first-order valence-electron chi connectivity index (χ1n) is 11.0. The highest BCUT2D eigenvalue weighted by Gasteiger charge is 2.51. The number of Topliss-reactive ketones (excluding diaryl/α,β-unsaturated/α-hetero) is 1. The highest BCUT2D eigenvalue weighted by molar-refractivity contribution is 7.92. The fraction of sp³-hybridized carbons (Fsp3) is 0.458. The maximum Gasteiger partial charge on any atom is 0.265 e. The van der Waals surface area contributed by atoms with Crippen molar-refractivity contribution in [2.45, 2.75) is 36.0 Å². The molecule has 2 aliphatic carbocycles. The Hall–Kier alpha value is -2.58. The Morgan fingerprint density at radius 3 is 2.56 bits per heavy atom. The van der Waals surface area contributed by atoms with E-state index >= 15 is 0 Å². The maximum absolute atomic E-state index is 13.2. The van der Waals surface area contributed by atoms with Gasteiger partial charge >= 0.3 is 0 Å². The molecular formula is C24H28N2O5S. The molecule has 32 heavy (non-hydrogen) atoms. The van der Waals surface area contributed by atoms with Crippen molar-refractivity contribution in [3.63, 3.8) is 0 Å². The van der Waals surface area contributed by atoms with Crippen molar-refractivity contribution in [1.82, 2.24) is 4.90 Å². The van der Waals surface area contributed by atoms with Crippen LogP contribution in [-0.4, -0.2) is 53.0 Å². The molecule has 0 amide bonds. The van der Waals surface area contributed by atoms with Crippen molar-refractivity contribution in [2.75, 3.05) is 38.6 Å². The fourth-order valence-electron chi connectivity index (χ4n) is 5.19. The van der Waals surface area contributed by atoms with Crippen LogP contribution in [0.15, 0.2) is 41.3 Å². The predicted octanol–water partition coefficient (Wildman–Crippen LogP) is 2.98. The number of carbonyl (C=O) groups is 1. The summed E-state index contributed by atoms with van der Waals surface area (Å²) in [5.41, 5.74) is 1.78. The van der Waals surface area contributed by atoms with E-state index in [-0.39, 0.29) is 16.4 Å². The maximum atomic E-state index is 13.2. The number of carbonyl (C=O) groups excluding carboxylic acids is 1. The van der Waals surface area contributed by atoms with Crippen LogP contribution in [0.1, 0.15) is 30.4 Å². The van der Waals surface area contributed by atoms with E-state index in [4.69, 9.17) is 9.47 Å². The number of hydrogen-bond donors (Lipinski definition) is 1. The standard InChI is InChI=1S/C24H28N2O5S/c1-26-13-16(14-26)15-31-21-11-17(10-19-18(21)12-23(27)24(19)8-5-9-24)25-32(28,29)22-7-4-3-6-20(22)30-2/h3-4,6-7,10-11,16,25H,5,8-9,12-15H2,1-2H3. The molecule has 8 heteroatoms. The van der Waals surface area contributed by atoms with Gasteiger partial charge in [0, 0.05) is 37.1 Å². The van der Waals surface area contributed by atoms with Gasteiger partial charge in [-0.3, -0.25) is 9.52 Å². The van der Waals surface area contributed by atoms with Crippen LogP contribution in [0.25, 0.3) is 0 Å². The molecule has 0 radical (unpaired) electrons. The number of benzene rings is 2. The second-order valence-electron chi connectivity index (χ2n) is 9.19. The van der Waals surface area contributed by atoms with E-state index in [2.05, 4.69) is 16.7 Å². The van der Waals surface area contributed by atoms with Gasteiger partial charge < -0.3 is 14.4 Å². The Morgan fingerprint density at radius 1 is 1.16 bits per heavy atom. The molecule has 1 saturated heterocycles.